The van der Waals surface area contributed by atoms with Crippen LogP contribution in [0.1, 0.15) is 38.2 Å². The second kappa shape index (κ2) is 11.1. The Balaban J connectivity index is 1.20. The van der Waals surface area contributed by atoms with Crippen LogP contribution in [0.4, 0.5) is 21.0 Å². The van der Waals surface area contributed by atoms with Gasteiger partial charge in [-0.3, -0.25) is 5.32 Å². The summed E-state index contributed by atoms with van der Waals surface area (Å²) in [5, 5.41) is 5.69. The summed E-state index contributed by atoms with van der Waals surface area (Å²) < 4.78 is 23.4. The van der Waals surface area contributed by atoms with E-state index in [-0.39, 0.29) is 12.6 Å². The molecule has 3 amide bonds. The Morgan fingerprint density at radius 1 is 0.841 bits per heavy atom. The number of ether oxygens (including phenoxy) is 4. The zero-order chi connectivity index (χ0) is 30.3. The molecular weight excluding hydrogens is 562 g/mol. The predicted molar refractivity (Wildman–Crippen MR) is 161 cm³/mol. The summed E-state index contributed by atoms with van der Waals surface area (Å²) >= 11 is 0. The maximum absolute atomic E-state index is 13.2. The number of carbonyl (C=O) groups excluding carboxylic acids is 3. The highest BCUT2D eigenvalue weighted by Crippen LogP contribution is 2.56. The molecule has 1 atom stereocenters. The van der Waals surface area contributed by atoms with Crippen LogP contribution in [0.2, 0.25) is 0 Å². The van der Waals surface area contributed by atoms with Crippen molar-refractivity contribution < 1.29 is 33.3 Å². The molecule has 0 radical (unpaired) electrons. The number of carbonyl (C=O) groups is 3. The molecule has 10 nitrogen and oxygen atoms in total. The number of urea groups is 1. The van der Waals surface area contributed by atoms with E-state index >= 15 is 0 Å². The second-order valence-electron chi connectivity index (χ2n) is 10.9. The monoisotopic (exact) mass is 591 g/mol. The SMILES string of the molecule is Cc1ccc(COC(=O)Nc2ccc3c(c2)Oc2cc(NC(=O)N4CCOCC4)ccc2C32OC(=O)c3ccccc32)cc1. The van der Waals surface area contributed by atoms with Crippen molar-refractivity contribution in [3.8, 4) is 11.5 Å². The highest BCUT2D eigenvalue weighted by molar-refractivity contribution is 5.97. The molecule has 3 aliphatic heterocycles. The molecule has 3 aliphatic rings. The molecule has 0 aromatic heterocycles. The number of nitrogens with one attached hydrogen (secondary N) is 2. The molecule has 0 bridgehead atoms. The van der Waals surface area contributed by atoms with Crippen LogP contribution in [0, 0.1) is 6.92 Å². The maximum Gasteiger partial charge on any atom is 0.411 e. The number of rotatable bonds is 4. The first kappa shape index (κ1) is 27.5. The molecule has 2 N–H and O–H groups in total. The lowest BCUT2D eigenvalue weighted by Crippen LogP contribution is -2.43. The molecule has 0 saturated carbocycles. The van der Waals surface area contributed by atoms with Crippen molar-refractivity contribution in [1.29, 1.82) is 0 Å². The zero-order valence-corrected chi connectivity index (χ0v) is 23.9. The number of hydrogen-bond donors (Lipinski definition) is 2. The molecule has 3 heterocycles. The fourth-order valence-corrected chi connectivity index (χ4v) is 5.79. The van der Waals surface area contributed by atoms with Gasteiger partial charge in [-0.2, -0.15) is 0 Å². The number of fused-ring (bicyclic) bond motifs is 6. The summed E-state index contributed by atoms with van der Waals surface area (Å²) in [6.07, 6.45) is -0.623. The molecular formula is C34H29N3O7. The Bertz CT molecular complexity index is 1780. The van der Waals surface area contributed by atoms with Crippen LogP contribution in [0.5, 0.6) is 11.5 Å². The van der Waals surface area contributed by atoms with E-state index in [0.29, 0.717) is 71.4 Å². The van der Waals surface area contributed by atoms with Gasteiger partial charge < -0.3 is 29.2 Å². The van der Waals surface area contributed by atoms with Crippen molar-refractivity contribution in [1.82, 2.24) is 4.90 Å². The topological polar surface area (TPSA) is 115 Å². The van der Waals surface area contributed by atoms with Gasteiger partial charge in [-0.05, 0) is 42.8 Å². The fraction of sp³-hybridized carbons (Fsp3) is 0.206. The van der Waals surface area contributed by atoms with Crippen LogP contribution in [0.25, 0.3) is 0 Å². The van der Waals surface area contributed by atoms with Gasteiger partial charge in [0.1, 0.15) is 18.1 Å². The van der Waals surface area contributed by atoms with E-state index in [4.69, 9.17) is 18.9 Å². The van der Waals surface area contributed by atoms with Crippen molar-refractivity contribution in [3.63, 3.8) is 0 Å². The Labute approximate surface area is 253 Å². The van der Waals surface area contributed by atoms with Gasteiger partial charge in [0, 0.05) is 53.3 Å². The van der Waals surface area contributed by atoms with Gasteiger partial charge in [-0.15, -0.1) is 0 Å². The Kier molecular flexibility index (Phi) is 6.90. The van der Waals surface area contributed by atoms with Gasteiger partial charge in [0.15, 0.2) is 5.60 Å². The summed E-state index contributed by atoms with van der Waals surface area (Å²) in [4.78, 5) is 40.4. The van der Waals surface area contributed by atoms with Crippen LogP contribution >= 0.6 is 0 Å². The third-order valence-electron chi connectivity index (χ3n) is 8.00. The minimum absolute atomic E-state index is 0.121. The lowest BCUT2D eigenvalue weighted by Gasteiger charge is -2.37. The molecule has 7 rings (SSSR count). The van der Waals surface area contributed by atoms with Gasteiger partial charge in [-0.1, -0.05) is 48.0 Å². The maximum atomic E-state index is 13.2. The lowest BCUT2D eigenvalue weighted by atomic mass is 9.77. The third-order valence-corrected chi connectivity index (χ3v) is 8.00. The molecule has 1 unspecified atom stereocenters. The molecule has 44 heavy (non-hydrogen) atoms. The van der Waals surface area contributed by atoms with Crippen molar-refractivity contribution in [2.45, 2.75) is 19.1 Å². The standard InChI is InChI=1S/C34H29N3O7/c1-21-6-8-22(9-7-21)20-42-33(40)36-24-11-13-28-30(19-24)43-29-18-23(35-32(39)37-14-16-41-17-15-37)10-12-27(29)34(28)26-5-3-2-4-25(26)31(38)44-34/h2-13,18-19H,14-17,20H2,1H3,(H,35,39)(H,36,40). The Morgan fingerprint density at radius 2 is 1.50 bits per heavy atom. The van der Waals surface area contributed by atoms with Crippen LogP contribution in [-0.2, 0) is 26.4 Å². The molecule has 1 saturated heterocycles. The number of anilines is 2. The van der Waals surface area contributed by atoms with Crippen molar-refractivity contribution >= 4 is 29.5 Å². The molecule has 10 heteroatoms. The van der Waals surface area contributed by atoms with E-state index < -0.39 is 17.7 Å². The summed E-state index contributed by atoms with van der Waals surface area (Å²) in [6, 6.07) is 25.2. The first-order valence-electron chi connectivity index (χ1n) is 14.3. The molecule has 4 aromatic rings. The first-order chi connectivity index (χ1) is 21.4. The summed E-state index contributed by atoms with van der Waals surface area (Å²) in [5.74, 6) is 0.335. The molecule has 1 spiro atoms. The lowest BCUT2D eigenvalue weighted by molar-refractivity contribution is 0.0224. The minimum atomic E-state index is -1.28. The summed E-state index contributed by atoms with van der Waals surface area (Å²) in [5.41, 5.74) is 4.02. The van der Waals surface area contributed by atoms with Gasteiger partial charge in [0.25, 0.3) is 0 Å². The van der Waals surface area contributed by atoms with Gasteiger partial charge in [-0.25, -0.2) is 14.4 Å². The van der Waals surface area contributed by atoms with Crippen LogP contribution in [0.3, 0.4) is 0 Å². The normalized spacial score (nSPS) is 17.9. The number of aryl methyl sites for hydroxylation is 1. The Morgan fingerprint density at radius 3 is 2.20 bits per heavy atom. The van der Waals surface area contributed by atoms with Crippen molar-refractivity contribution in [2.75, 3.05) is 36.9 Å². The van der Waals surface area contributed by atoms with Gasteiger partial charge >= 0.3 is 18.1 Å². The van der Waals surface area contributed by atoms with Crippen LogP contribution < -0.4 is 15.4 Å². The van der Waals surface area contributed by atoms with E-state index in [0.717, 1.165) is 11.1 Å². The van der Waals surface area contributed by atoms with E-state index in [9.17, 15) is 14.4 Å². The quantitative estimate of drug-likeness (QED) is 0.273. The fourth-order valence-electron chi connectivity index (χ4n) is 5.79. The van der Waals surface area contributed by atoms with E-state index in [1.807, 2.05) is 43.3 Å². The Hall–Kier alpha value is -5.35. The van der Waals surface area contributed by atoms with Crippen LogP contribution in [0.15, 0.2) is 84.9 Å². The van der Waals surface area contributed by atoms with E-state index in [2.05, 4.69) is 10.6 Å². The summed E-state index contributed by atoms with van der Waals surface area (Å²) in [7, 11) is 0. The predicted octanol–water partition coefficient (Wildman–Crippen LogP) is 6.18. The molecule has 0 aliphatic carbocycles. The third kappa shape index (κ3) is 4.88. The molecule has 1 fully saturated rings. The van der Waals surface area contributed by atoms with E-state index in [1.165, 1.54) is 0 Å². The number of amides is 3. The molecule has 222 valence electrons. The molecule has 4 aromatic carbocycles. The smallest absolute Gasteiger partial charge is 0.411 e. The van der Waals surface area contributed by atoms with Crippen LogP contribution in [-0.4, -0.2) is 49.3 Å². The van der Waals surface area contributed by atoms with Crippen molar-refractivity contribution in [3.05, 3.63) is 118 Å². The number of benzene rings is 4. The zero-order valence-electron chi connectivity index (χ0n) is 23.9. The summed E-state index contributed by atoms with van der Waals surface area (Å²) in [6.45, 7) is 4.09. The first-order valence-corrected chi connectivity index (χ1v) is 14.3. The average Bonchev–Trinajstić information content (AvgIpc) is 3.33. The largest absolute Gasteiger partial charge is 0.456 e. The van der Waals surface area contributed by atoms with Gasteiger partial charge in [0.2, 0.25) is 0 Å². The number of esters is 1. The van der Waals surface area contributed by atoms with E-state index in [1.54, 1.807) is 53.4 Å². The highest BCUT2D eigenvalue weighted by Gasteiger charge is 2.53. The number of morpholine rings is 1. The van der Waals surface area contributed by atoms with Crippen molar-refractivity contribution in [2.24, 2.45) is 0 Å². The minimum Gasteiger partial charge on any atom is -0.456 e. The number of hydrogen-bond acceptors (Lipinski definition) is 7. The second-order valence-corrected chi connectivity index (χ2v) is 10.9. The average molecular weight is 592 g/mol. The van der Waals surface area contributed by atoms with Gasteiger partial charge in [0.05, 0.1) is 18.8 Å². The highest BCUT2D eigenvalue weighted by atomic mass is 16.6. The number of nitrogens with zero attached hydrogens (tertiary/aromatic N) is 1.